The van der Waals surface area contributed by atoms with Gasteiger partial charge in [0, 0.05) is 14.9 Å². The lowest BCUT2D eigenvalue weighted by Crippen LogP contribution is -2.00. The zero-order valence-electron chi connectivity index (χ0n) is 11.4. The van der Waals surface area contributed by atoms with Crippen molar-refractivity contribution in [2.75, 3.05) is 0 Å². The minimum absolute atomic E-state index is 0.309. The lowest BCUT2D eigenvalue weighted by molar-refractivity contribution is 0.627. The van der Waals surface area contributed by atoms with Crippen molar-refractivity contribution < 1.29 is 0 Å². The van der Waals surface area contributed by atoms with Crippen molar-refractivity contribution >= 4 is 39.1 Å². The molecule has 0 aliphatic heterocycles. The average Bonchev–Trinajstić information content (AvgIpc) is 3.21. The highest BCUT2D eigenvalue weighted by molar-refractivity contribution is 9.09. The number of fused-ring (bicyclic) bond motifs is 3. The van der Waals surface area contributed by atoms with Crippen molar-refractivity contribution in [3.8, 4) is 0 Å². The molecule has 0 amide bonds. The molecule has 2 aliphatic rings. The van der Waals surface area contributed by atoms with Crippen molar-refractivity contribution in [2.24, 2.45) is 11.8 Å². The predicted octanol–water partition coefficient (Wildman–Crippen LogP) is 6.41. The monoisotopic (exact) mass is 380 g/mol. The van der Waals surface area contributed by atoms with Crippen LogP contribution in [0.3, 0.4) is 0 Å². The van der Waals surface area contributed by atoms with E-state index in [2.05, 4.69) is 46.3 Å². The van der Waals surface area contributed by atoms with Gasteiger partial charge in [-0.25, -0.2) is 0 Å². The molecule has 2 aromatic carbocycles. The van der Waals surface area contributed by atoms with Gasteiger partial charge in [0.25, 0.3) is 0 Å². The molecule has 2 aliphatic carbocycles. The Kier molecular flexibility index (Phi) is 3.56. The summed E-state index contributed by atoms with van der Waals surface area (Å²) in [4.78, 5) is 0.309. The molecule has 0 N–H and O–H groups in total. The molecular formula is C18H15BrCl2. The maximum Gasteiger partial charge on any atom is 0.0464 e. The van der Waals surface area contributed by atoms with Crippen LogP contribution in [-0.4, -0.2) is 0 Å². The quantitative estimate of drug-likeness (QED) is 0.527. The molecule has 0 aromatic heterocycles. The number of hydrogen-bond acceptors (Lipinski definition) is 0. The summed E-state index contributed by atoms with van der Waals surface area (Å²) in [5, 5.41) is 1.46. The second-order valence-electron chi connectivity index (χ2n) is 6.07. The Labute approximate surface area is 143 Å². The smallest absolute Gasteiger partial charge is 0.0464 e. The fraction of sp³-hybridized carbons (Fsp3) is 0.333. The predicted molar refractivity (Wildman–Crippen MR) is 92.6 cm³/mol. The summed E-state index contributed by atoms with van der Waals surface area (Å²) >= 11 is 16.3. The highest BCUT2D eigenvalue weighted by Crippen LogP contribution is 2.66. The number of alkyl halides is 1. The van der Waals surface area contributed by atoms with Crippen LogP contribution in [0.15, 0.2) is 42.5 Å². The van der Waals surface area contributed by atoms with E-state index in [9.17, 15) is 0 Å². The molecule has 4 atom stereocenters. The topological polar surface area (TPSA) is 0 Å². The van der Waals surface area contributed by atoms with Crippen molar-refractivity contribution in [3.63, 3.8) is 0 Å². The van der Waals surface area contributed by atoms with Crippen molar-refractivity contribution in [3.05, 3.63) is 69.2 Å². The summed E-state index contributed by atoms with van der Waals surface area (Å²) in [5.41, 5.74) is 4.24. The molecule has 4 unspecified atom stereocenters. The molecule has 0 spiro atoms. The van der Waals surface area contributed by atoms with Crippen LogP contribution in [0.1, 0.15) is 33.9 Å². The van der Waals surface area contributed by atoms with Gasteiger partial charge in [0.15, 0.2) is 0 Å². The van der Waals surface area contributed by atoms with Crippen molar-refractivity contribution in [1.29, 1.82) is 0 Å². The van der Waals surface area contributed by atoms with Gasteiger partial charge in [-0.3, -0.25) is 0 Å². The maximum absolute atomic E-state index is 6.38. The Morgan fingerprint density at radius 2 is 1.90 bits per heavy atom. The van der Waals surface area contributed by atoms with Gasteiger partial charge >= 0.3 is 0 Å². The Hall–Kier alpha value is -0.500. The lowest BCUT2D eigenvalue weighted by Gasteiger charge is -2.14. The molecule has 0 bridgehead atoms. The number of halogens is 3. The SMILES string of the molecule is Clc1ccc(C(Br)C2C3CCc4ccccc4C32)c(Cl)c1. The Balaban J connectivity index is 1.65. The van der Waals surface area contributed by atoms with Crippen LogP contribution in [0.25, 0.3) is 0 Å². The first kappa shape index (κ1) is 14.1. The molecule has 0 saturated heterocycles. The summed E-state index contributed by atoms with van der Waals surface area (Å²) in [7, 11) is 0. The Morgan fingerprint density at radius 1 is 1.10 bits per heavy atom. The molecule has 108 valence electrons. The molecule has 4 rings (SSSR count). The van der Waals surface area contributed by atoms with Crippen LogP contribution in [0, 0.1) is 11.8 Å². The van der Waals surface area contributed by atoms with E-state index in [1.807, 2.05) is 12.1 Å². The summed E-state index contributed by atoms with van der Waals surface area (Å²) < 4.78 is 0. The van der Waals surface area contributed by atoms with Gasteiger partial charge < -0.3 is 0 Å². The maximum atomic E-state index is 6.38. The first-order valence-corrected chi connectivity index (χ1v) is 9.01. The summed E-state index contributed by atoms with van der Waals surface area (Å²) in [6.07, 6.45) is 2.50. The van der Waals surface area contributed by atoms with Crippen LogP contribution in [0.4, 0.5) is 0 Å². The third-order valence-corrected chi connectivity index (χ3v) is 6.65. The van der Waals surface area contributed by atoms with Crippen molar-refractivity contribution in [2.45, 2.75) is 23.6 Å². The van der Waals surface area contributed by atoms with Gasteiger partial charge in [-0.1, -0.05) is 69.5 Å². The van der Waals surface area contributed by atoms with Gasteiger partial charge in [-0.05, 0) is 59.4 Å². The van der Waals surface area contributed by atoms with E-state index in [0.29, 0.717) is 21.7 Å². The largest absolute Gasteiger partial charge is 0.0843 e. The van der Waals surface area contributed by atoms with E-state index < -0.39 is 0 Å². The number of benzene rings is 2. The minimum atomic E-state index is 0.309. The van der Waals surface area contributed by atoms with Gasteiger partial charge in [0.05, 0.1) is 0 Å². The fourth-order valence-electron chi connectivity index (χ4n) is 3.95. The standard InChI is InChI=1S/C18H15BrCl2/c19-18(13-8-6-11(20)9-15(13)21)17-14-7-5-10-3-1-2-4-12(10)16(14)17/h1-4,6,8-9,14,16-18H,5,7H2. The van der Waals surface area contributed by atoms with E-state index in [1.165, 1.54) is 18.4 Å². The Bertz CT molecular complexity index is 697. The average molecular weight is 382 g/mol. The fourth-order valence-corrected chi connectivity index (χ4v) is 5.73. The molecule has 2 aromatic rings. The van der Waals surface area contributed by atoms with E-state index >= 15 is 0 Å². The highest BCUT2D eigenvalue weighted by Gasteiger charge is 2.56. The van der Waals surface area contributed by atoms with Crippen LogP contribution in [0.5, 0.6) is 0 Å². The van der Waals surface area contributed by atoms with Crippen LogP contribution in [-0.2, 0) is 6.42 Å². The van der Waals surface area contributed by atoms with E-state index in [0.717, 1.165) is 16.5 Å². The van der Waals surface area contributed by atoms with Crippen LogP contribution in [0.2, 0.25) is 10.0 Å². The molecule has 21 heavy (non-hydrogen) atoms. The minimum Gasteiger partial charge on any atom is -0.0843 e. The van der Waals surface area contributed by atoms with Gasteiger partial charge in [-0.2, -0.15) is 0 Å². The van der Waals surface area contributed by atoms with E-state index in [-0.39, 0.29) is 0 Å². The number of aryl methyl sites for hydroxylation is 1. The van der Waals surface area contributed by atoms with Gasteiger partial charge in [0.2, 0.25) is 0 Å². The summed E-state index contributed by atoms with van der Waals surface area (Å²) in [6, 6.07) is 14.7. The third-order valence-electron chi connectivity index (χ3n) is 4.99. The number of hydrogen-bond donors (Lipinski definition) is 0. The van der Waals surface area contributed by atoms with Crippen LogP contribution >= 0.6 is 39.1 Å². The normalized spacial score (nSPS) is 27.7. The zero-order valence-corrected chi connectivity index (χ0v) is 14.5. The zero-order chi connectivity index (χ0) is 14.6. The highest BCUT2D eigenvalue weighted by atomic mass is 79.9. The molecular weight excluding hydrogens is 367 g/mol. The van der Waals surface area contributed by atoms with E-state index in [4.69, 9.17) is 23.2 Å². The molecule has 3 heteroatoms. The first-order valence-electron chi connectivity index (χ1n) is 7.33. The third kappa shape index (κ3) is 2.34. The molecule has 1 fully saturated rings. The lowest BCUT2D eigenvalue weighted by atomic mass is 9.92. The van der Waals surface area contributed by atoms with Crippen molar-refractivity contribution in [1.82, 2.24) is 0 Å². The number of rotatable bonds is 2. The second kappa shape index (κ2) is 5.30. The molecule has 0 radical (unpaired) electrons. The summed E-state index contributed by atoms with van der Waals surface area (Å²) in [5.74, 6) is 2.12. The van der Waals surface area contributed by atoms with Gasteiger partial charge in [-0.15, -0.1) is 0 Å². The molecule has 0 nitrogen and oxygen atoms in total. The Morgan fingerprint density at radius 3 is 2.71 bits per heavy atom. The molecule has 1 saturated carbocycles. The first-order chi connectivity index (χ1) is 10.2. The summed E-state index contributed by atoms with van der Waals surface area (Å²) in [6.45, 7) is 0. The van der Waals surface area contributed by atoms with Gasteiger partial charge in [0.1, 0.15) is 0 Å². The van der Waals surface area contributed by atoms with Crippen LogP contribution < -0.4 is 0 Å². The second-order valence-corrected chi connectivity index (χ2v) is 7.90. The molecule has 0 heterocycles. The van der Waals surface area contributed by atoms with E-state index in [1.54, 1.807) is 5.56 Å².